The molecule has 0 atom stereocenters. The highest BCUT2D eigenvalue weighted by atomic mass is 127. The van der Waals surface area contributed by atoms with E-state index in [1.54, 1.807) is 26.4 Å². The van der Waals surface area contributed by atoms with Crippen LogP contribution in [0.3, 0.4) is 0 Å². The van der Waals surface area contributed by atoms with E-state index < -0.39 is 0 Å². The van der Waals surface area contributed by atoms with Crippen molar-refractivity contribution < 1.29 is 9.47 Å². The first-order chi connectivity index (χ1) is 12.1. The second-order valence-corrected chi connectivity index (χ2v) is 6.16. The van der Waals surface area contributed by atoms with Crippen LogP contribution in [-0.2, 0) is 6.54 Å². The average Bonchev–Trinajstić information content (AvgIpc) is 3.01. The molecule has 26 heavy (non-hydrogen) atoms. The molecule has 0 saturated heterocycles. The van der Waals surface area contributed by atoms with Crippen molar-refractivity contribution in [3.63, 3.8) is 0 Å². The number of guanidine groups is 1. The fraction of sp³-hybridized carbons (Fsp3) is 0.176. The molecule has 2 heterocycles. The van der Waals surface area contributed by atoms with Crippen LogP contribution in [0.5, 0.6) is 11.5 Å². The molecule has 1 aromatic carbocycles. The topological polar surface area (TPSA) is 86.2 Å². The van der Waals surface area contributed by atoms with E-state index in [4.69, 9.17) is 15.2 Å². The molecule has 3 N–H and O–H groups in total. The molecule has 0 amide bonds. The average molecular weight is 532 g/mol. The second kappa shape index (κ2) is 9.08. The van der Waals surface area contributed by atoms with E-state index in [-0.39, 0.29) is 24.0 Å². The lowest BCUT2D eigenvalue weighted by Crippen LogP contribution is -2.22. The third-order valence-corrected chi connectivity index (χ3v) is 4.00. The summed E-state index contributed by atoms with van der Waals surface area (Å²) in [6.07, 6.45) is 3.87. The quantitative estimate of drug-likeness (QED) is 0.298. The zero-order chi connectivity index (χ0) is 17.8. The molecule has 0 spiro atoms. The molecule has 3 aromatic rings. The van der Waals surface area contributed by atoms with Crippen molar-refractivity contribution in [3.05, 3.63) is 52.9 Å². The van der Waals surface area contributed by atoms with Gasteiger partial charge < -0.3 is 24.9 Å². The van der Waals surface area contributed by atoms with Gasteiger partial charge in [-0.1, -0.05) is 0 Å². The van der Waals surface area contributed by atoms with Gasteiger partial charge in [-0.15, -0.1) is 24.0 Å². The molecule has 0 aliphatic heterocycles. The molecule has 0 radical (unpaired) electrons. The summed E-state index contributed by atoms with van der Waals surface area (Å²) in [4.78, 5) is 8.83. The molecule has 3 rings (SSSR count). The second-order valence-electron chi connectivity index (χ2n) is 5.24. The molecule has 138 valence electrons. The molecule has 0 unspecified atom stereocenters. The number of nitrogens with two attached hydrogens (primary N) is 1. The number of halogens is 2. The summed E-state index contributed by atoms with van der Waals surface area (Å²) < 4.78 is 13.4. The molecule has 0 aliphatic carbocycles. The maximum atomic E-state index is 5.96. The fourth-order valence-corrected chi connectivity index (χ4v) is 2.71. The maximum absolute atomic E-state index is 5.96. The number of methoxy groups -OCH3 is 2. The summed E-state index contributed by atoms with van der Waals surface area (Å²) >= 11 is 3.44. The Bertz CT molecular complexity index is 929. The Balaban J connectivity index is 0.00000243. The van der Waals surface area contributed by atoms with Crippen molar-refractivity contribution in [1.29, 1.82) is 0 Å². The number of aliphatic imine (C=N–C) groups is 1. The van der Waals surface area contributed by atoms with Crippen molar-refractivity contribution in [2.24, 2.45) is 10.7 Å². The minimum absolute atomic E-state index is 0. The summed E-state index contributed by atoms with van der Waals surface area (Å²) in [6.45, 7) is 0.380. The van der Waals surface area contributed by atoms with Crippen LogP contribution in [-0.4, -0.2) is 29.6 Å². The van der Waals surface area contributed by atoms with Crippen LogP contribution in [0.1, 0.15) is 5.69 Å². The molecule has 0 bridgehead atoms. The Morgan fingerprint density at radius 2 is 1.96 bits per heavy atom. The fourth-order valence-electron chi connectivity index (χ4n) is 2.36. The lowest BCUT2D eigenvalue weighted by Gasteiger charge is -2.10. The number of nitrogens with one attached hydrogen (secondary N) is 1. The third-order valence-electron chi connectivity index (χ3n) is 3.53. The number of ether oxygens (including phenoxy) is 2. The summed E-state index contributed by atoms with van der Waals surface area (Å²) in [6, 6.07) is 9.31. The van der Waals surface area contributed by atoms with Crippen molar-refractivity contribution in [2.45, 2.75) is 6.54 Å². The first kappa shape index (κ1) is 20.3. The van der Waals surface area contributed by atoms with Crippen LogP contribution in [0.2, 0.25) is 0 Å². The number of aromatic nitrogens is 2. The van der Waals surface area contributed by atoms with E-state index in [0.717, 1.165) is 21.5 Å². The van der Waals surface area contributed by atoms with Gasteiger partial charge in [-0.25, -0.2) is 9.98 Å². The summed E-state index contributed by atoms with van der Waals surface area (Å²) in [5, 5.41) is 3.03. The summed E-state index contributed by atoms with van der Waals surface area (Å²) in [7, 11) is 3.18. The summed E-state index contributed by atoms with van der Waals surface area (Å²) in [5.74, 6) is 1.57. The van der Waals surface area contributed by atoms with Gasteiger partial charge in [-0.05, 0) is 40.2 Å². The standard InChI is InChI=1S/C17H18BrN5O2.HI/c1-24-14-5-4-12(7-15(14)25-2)22-17(19)20-8-13-10-23-9-11(18)3-6-16(23)21-13;/h3-7,9-10H,8H2,1-2H3,(H3,19,20,22);1H. The maximum Gasteiger partial charge on any atom is 0.193 e. The highest BCUT2D eigenvalue weighted by Gasteiger charge is 2.06. The van der Waals surface area contributed by atoms with Crippen molar-refractivity contribution >= 4 is 57.2 Å². The van der Waals surface area contributed by atoms with Gasteiger partial charge in [0.1, 0.15) is 5.65 Å². The molecule has 2 aromatic heterocycles. The molecule has 0 fully saturated rings. The molecule has 7 nitrogen and oxygen atoms in total. The number of nitrogens with zero attached hydrogens (tertiary/aromatic N) is 3. The van der Waals surface area contributed by atoms with Crippen LogP contribution in [0.15, 0.2) is 52.2 Å². The third kappa shape index (κ3) is 4.79. The largest absolute Gasteiger partial charge is 0.493 e. The van der Waals surface area contributed by atoms with E-state index in [9.17, 15) is 0 Å². The molecule has 9 heteroatoms. The number of fused-ring (bicyclic) bond motifs is 1. The van der Waals surface area contributed by atoms with Crippen molar-refractivity contribution in [1.82, 2.24) is 9.38 Å². The molecule has 0 aliphatic rings. The Morgan fingerprint density at radius 1 is 1.19 bits per heavy atom. The highest BCUT2D eigenvalue weighted by molar-refractivity contribution is 14.0. The van der Waals surface area contributed by atoms with Crippen LogP contribution in [0.25, 0.3) is 5.65 Å². The number of hydrogen-bond donors (Lipinski definition) is 2. The van der Waals surface area contributed by atoms with Gasteiger partial charge in [0.15, 0.2) is 17.5 Å². The molecular formula is C17H19BrIN5O2. The normalized spacial score (nSPS) is 11.1. The van der Waals surface area contributed by atoms with Crippen molar-refractivity contribution in [2.75, 3.05) is 19.5 Å². The van der Waals surface area contributed by atoms with Gasteiger partial charge in [0.05, 0.1) is 26.5 Å². The Morgan fingerprint density at radius 3 is 2.69 bits per heavy atom. The van der Waals surface area contributed by atoms with Gasteiger partial charge in [0.25, 0.3) is 0 Å². The van der Waals surface area contributed by atoms with E-state index in [2.05, 4.69) is 31.2 Å². The van der Waals surface area contributed by atoms with Gasteiger partial charge in [-0.3, -0.25) is 0 Å². The minimum Gasteiger partial charge on any atom is -0.493 e. The number of hydrogen-bond acceptors (Lipinski definition) is 4. The lowest BCUT2D eigenvalue weighted by molar-refractivity contribution is 0.355. The Labute approximate surface area is 176 Å². The van der Waals surface area contributed by atoms with Gasteiger partial charge >= 0.3 is 0 Å². The van der Waals surface area contributed by atoms with Gasteiger partial charge in [-0.2, -0.15) is 0 Å². The summed E-state index contributed by atoms with van der Waals surface area (Å²) in [5.41, 5.74) is 8.41. The van der Waals surface area contributed by atoms with E-state index in [1.807, 2.05) is 35.0 Å². The smallest absolute Gasteiger partial charge is 0.193 e. The Kier molecular flexibility index (Phi) is 7.09. The van der Waals surface area contributed by atoms with Gasteiger partial charge in [0.2, 0.25) is 0 Å². The van der Waals surface area contributed by atoms with E-state index in [0.29, 0.717) is 24.0 Å². The van der Waals surface area contributed by atoms with Crippen LogP contribution in [0.4, 0.5) is 5.69 Å². The predicted octanol–water partition coefficient (Wildman–Crippen LogP) is 3.66. The monoisotopic (exact) mass is 531 g/mol. The molecule has 0 saturated carbocycles. The first-order valence-electron chi connectivity index (χ1n) is 7.51. The number of benzene rings is 1. The number of anilines is 1. The van der Waals surface area contributed by atoms with Crippen LogP contribution in [0, 0.1) is 0 Å². The van der Waals surface area contributed by atoms with Gasteiger partial charge in [0, 0.05) is 28.6 Å². The minimum atomic E-state index is 0. The Hall–Kier alpha value is -2.01. The predicted molar refractivity (Wildman–Crippen MR) is 117 cm³/mol. The van der Waals surface area contributed by atoms with E-state index in [1.165, 1.54) is 0 Å². The first-order valence-corrected chi connectivity index (χ1v) is 8.30. The lowest BCUT2D eigenvalue weighted by atomic mass is 10.3. The number of rotatable bonds is 5. The molecular weight excluding hydrogens is 513 g/mol. The van der Waals surface area contributed by atoms with Crippen LogP contribution >= 0.6 is 39.9 Å². The number of imidazole rings is 1. The van der Waals surface area contributed by atoms with Crippen molar-refractivity contribution in [3.8, 4) is 11.5 Å². The SMILES string of the molecule is COc1ccc(NC(N)=NCc2cn3cc(Br)ccc3n2)cc1OC.I. The van der Waals surface area contributed by atoms with E-state index >= 15 is 0 Å². The van der Waals surface area contributed by atoms with Crippen LogP contribution < -0.4 is 20.5 Å². The number of pyridine rings is 1. The highest BCUT2D eigenvalue weighted by Crippen LogP contribution is 2.29. The zero-order valence-corrected chi connectivity index (χ0v) is 18.2. The zero-order valence-electron chi connectivity index (χ0n) is 14.3.